The zero-order valence-corrected chi connectivity index (χ0v) is 16.1. The van der Waals surface area contributed by atoms with Crippen molar-refractivity contribution in [1.29, 1.82) is 0 Å². The van der Waals surface area contributed by atoms with Crippen LogP contribution in [0.5, 0.6) is 5.75 Å². The van der Waals surface area contributed by atoms with Crippen molar-refractivity contribution in [2.75, 3.05) is 0 Å². The lowest BCUT2D eigenvalue weighted by atomic mass is 10.1. The van der Waals surface area contributed by atoms with Crippen molar-refractivity contribution in [2.24, 2.45) is 4.99 Å². The normalized spacial score (nSPS) is 14.6. The molecular formula is C25H27NO. The van der Waals surface area contributed by atoms with E-state index in [-0.39, 0.29) is 6.10 Å². The number of hydrogen-bond donors (Lipinski definition) is 0. The number of hydrogen-bond acceptors (Lipinski definition) is 2. The Bertz CT molecular complexity index is 835. The monoisotopic (exact) mass is 357 g/mol. The predicted molar refractivity (Wildman–Crippen MR) is 116 cm³/mol. The minimum atomic E-state index is 0.180. The molecule has 1 fully saturated rings. The number of nitrogens with zero attached hydrogens (tertiary/aromatic N) is 1. The molecule has 1 aliphatic carbocycles. The summed E-state index contributed by atoms with van der Waals surface area (Å²) in [6.07, 6.45) is 12.3. The maximum absolute atomic E-state index is 5.66. The molecule has 2 nitrogen and oxygen atoms in total. The average Bonchev–Trinajstić information content (AvgIpc) is 3.50. The summed E-state index contributed by atoms with van der Waals surface area (Å²) >= 11 is 0. The second kappa shape index (κ2) is 9.18. The standard InChI is InChI=1S/C25H27NO/c1-19(2)27-25-14-12-22(13-15-25)20(3)5-4-17-26-18-16-21-6-8-23(9-7-21)24-10-11-24/h4-9,12-19,24H,3,10-11H2,1-2H3/b5-4-,18-16+,26-17+. The SMILES string of the molecule is C=C(\C=C/C=N/C=C/c1ccc(C2CC2)cc1)c1ccc(OC(C)C)cc1. The molecule has 0 atom stereocenters. The van der Waals surface area contributed by atoms with Crippen molar-refractivity contribution in [3.8, 4) is 5.75 Å². The molecule has 0 radical (unpaired) electrons. The summed E-state index contributed by atoms with van der Waals surface area (Å²) in [6.45, 7) is 8.14. The summed E-state index contributed by atoms with van der Waals surface area (Å²) < 4.78 is 5.66. The Morgan fingerprint density at radius 2 is 1.78 bits per heavy atom. The molecule has 0 bridgehead atoms. The molecule has 1 saturated carbocycles. The lowest BCUT2D eigenvalue weighted by Crippen LogP contribution is -2.05. The van der Waals surface area contributed by atoms with Gasteiger partial charge in [0.2, 0.25) is 0 Å². The lowest BCUT2D eigenvalue weighted by Gasteiger charge is -2.10. The fraction of sp³-hybridized carbons (Fsp3) is 0.240. The second-order valence-corrected chi connectivity index (χ2v) is 7.13. The van der Waals surface area contributed by atoms with E-state index < -0.39 is 0 Å². The maximum Gasteiger partial charge on any atom is 0.119 e. The van der Waals surface area contributed by atoms with Gasteiger partial charge in [-0.3, -0.25) is 4.99 Å². The van der Waals surface area contributed by atoms with Gasteiger partial charge in [-0.1, -0.05) is 49.1 Å². The summed E-state index contributed by atoms with van der Waals surface area (Å²) in [7, 11) is 0. The Kier molecular flexibility index (Phi) is 6.43. The van der Waals surface area contributed by atoms with E-state index in [0.717, 1.165) is 22.8 Å². The zero-order valence-electron chi connectivity index (χ0n) is 16.1. The molecular weight excluding hydrogens is 330 g/mol. The van der Waals surface area contributed by atoms with Crippen LogP contribution in [0.2, 0.25) is 0 Å². The summed E-state index contributed by atoms with van der Waals surface area (Å²) in [5, 5.41) is 0. The van der Waals surface area contributed by atoms with Gasteiger partial charge in [-0.15, -0.1) is 0 Å². The smallest absolute Gasteiger partial charge is 0.119 e. The molecule has 0 aliphatic heterocycles. The Morgan fingerprint density at radius 1 is 1.07 bits per heavy atom. The van der Waals surface area contributed by atoms with Crippen LogP contribution in [0.15, 0.2) is 78.5 Å². The Morgan fingerprint density at radius 3 is 2.41 bits per heavy atom. The van der Waals surface area contributed by atoms with Crippen LogP contribution in [0.4, 0.5) is 0 Å². The maximum atomic E-state index is 5.66. The fourth-order valence-corrected chi connectivity index (χ4v) is 2.80. The second-order valence-electron chi connectivity index (χ2n) is 7.13. The van der Waals surface area contributed by atoms with Gasteiger partial charge in [-0.05, 0) is 79.2 Å². The first kappa shape index (κ1) is 18.9. The number of ether oxygens (including phenoxy) is 1. The number of aliphatic imine (C=N–C) groups is 1. The van der Waals surface area contributed by atoms with Crippen LogP contribution in [0, 0.1) is 0 Å². The van der Waals surface area contributed by atoms with Crippen LogP contribution in [-0.4, -0.2) is 12.3 Å². The summed E-state index contributed by atoms with van der Waals surface area (Å²) in [5.41, 5.74) is 4.65. The number of rotatable bonds is 8. The first-order valence-corrected chi connectivity index (χ1v) is 9.54. The highest BCUT2D eigenvalue weighted by atomic mass is 16.5. The van der Waals surface area contributed by atoms with Gasteiger partial charge in [0.25, 0.3) is 0 Å². The summed E-state index contributed by atoms with van der Waals surface area (Å²) in [5.74, 6) is 1.68. The first-order chi connectivity index (χ1) is 13.1. The van der Waals surface area contributed by atoms with Gasteiger partial charge in [-0.25, -0.2) is 0 Å². The van der Waals surface area contributed by atoms with E-state index >= 15 is 0 Å². The molecule has 0 spiro atoms. The summed E-state index contributed by atoms with van der Waals surface area (Å²) in [4.78, 5) is 4.30. The van der Waals surface area contributed by atoms with E-state index in [1.165, 1.54) is 24.0 Å². The molecule has 0 amide bonds. The van der Waals surface area contributed by atoms with Gasteiger partial charge < -0.3 is 4.74 Å². The van der Waals surface area contributed by atoms with Crippen LogP contribution in [0.25, 0.3) is 11.6 Å². The minimum Gasteiger partial charge on any atom is -0.491 e. The zero-order chi connectivity index (χ0) is 19.1. The van der Waals surface area contributed by atoms with Gasteiger partial charge in [0, 0.05) is 12.4 Å². The highest BCUT2D eigenvalue weighted by molar-refractivity contribution is 5.80. The predicted octanol–water partition coefficient (Wildman–Crippen LogP) is 6.66. The Balaban J connectivity index is 1.47. The Hall–Kier alpha value is -2.87. The van der Waals surface area contributed by atoms with E-state index in [9.17, 15) is 0 Å². The van der Waals surface area contributed by atoms with Gasteiger partial charge in [-0.2, -0.15) is 0 Å². The molecule has 3 rings (SSSR count). The van der Waals surface area contributed by atoms with E-state index in [0.29, 0.717) is 0 Å². The topological polar surface area (TPSA) is 21.6 Å². The van der Waals surface area contributed by atoms with Crippen molar-refractivity contribution in [3.63, 3.8) is 0 Å². The van der Waals surface area contributed by atoms with Gasteiger partial charge in [0.05, 0.1) is 6.10 Å². The average molecular weight is 357 g/mol. The third-order valence-electron chi connectivity index (χ3n) is 4.40. The third-order valence-corrected chi connectivity index (χ3v) is 4.40. The van der Waals surface area contributed by atoms with Crippen molar-refractivity contribution in [3.05, 3.63) is 90.2 Å². The molecule has 0 aromatic heterocycles. The van der Waals surface area contributed by atoms with E-state index in [1.54, 1.807) is 6.21 Å². The molecule has 2 aromatic carbocycles. The minimum absolute atomic E-state index is 0.180. The van der Waals surface area contributed by atoms with Crippen LogP contribution in [0.1, 0.15) is 49.3 Å². The van der Waals surface area contributed by atoms with Gasteiger partial charge in [0.1, 0.15) is 5.75 Å². The Labute approximate surface area is 162 Å². The van der Waals surface area contributed by atoms with E-state index in [4.69, 9.17) is 4.74 Å². The lowest BCUT2D eigenvalue weighted by molar-refractivity contribution is 0.242. The molecule has 1 aliphatic rings. The molecule has 27 heavy (non-hydrogen) atoms. The molecule has 0 unspecified atom stereocenters. The molecule has 0 saturated heterocycles. The largest absolute Gasteiger partial charge is 0.491 e. The number of allylic oxidation sites excluding steroid dienone is 3. The molecule has 2 aromatic rings. The van der Waals surface area contributed by atoms with Crippen molar-refractivity contribution < 1.29 is 4.74 Å². The van der Waals surface area contributed by atoms with E-state index in [2.05, 4.69) is 35.8 Å². The van der Waals surface area contributed by atoms with Crippen molar-refractivity contribution in [2.45, 2.75) is 38.7 Å². The molecule has 2 heteroatoms. The molecule has 138 valence electrons. The number of benzene rings is 2. The molecule has 0 heterocycles. The van der Waals surface area contributed by atoms with Crippen LogP contribution in [0.3, 0.4) is 0 Å². The third kappa shape index (κ3) is 6.10. The van der Waals surface area contributed by atoms with Crippen LogP contribution >= 0.6 is 0 Å². The highest BCUT2D eigenvalue weighted by Gasteiger charge is 2.22. The quantitative estimate of drug-likeness (QED) is 0.382. The van der Waals surface area contributed by atoms with Gasteiger partial charge in [0.15, 0.2) is 0 Å². The van der Waals surface area contributed by atoms with Gasteiger partial charge >= 0.3 is 0 Å². The van der Waals surface area contributed by atoms with Crippen LogP contribution in [-0.2, 0) is 0 Å². The van der Waals surface area contributed by atoms with Crippen molar-refractivity contribution >= 4 is 17.9 Å². The van der Waals surface area contributed by atoms with Crippen LogP contribution < -0.4 is 4.74 Å². The first-order valence-electron chi connectivity index (χ1n) is 9.54. The fourth-order valence-electron chi connectivity index (χ4n) is 2.80. The highest BCUT2D eigenvalue weighted by Crippen LogP contribution is 2.39. The van der Waals surface area contributed by atoms with E-state index in [1.807, 2.05) is 62.5 Å². The van der Waals surface area contributed by atoms with Crippen molar-refractivity contribution in [1.82, 2.24) is 0 Å². The summed E-state index contributed by atoms with van der Waals surface area (Å²) in [6, 6.07) is 16.7. The molecule has 0 N–H and O–H groups in total.